The zero-order valence-corrected chi connectivity index (χ0v) is 13.9. The fraction of sp³-hybridized carbons (Fsp3) is 0.167. The van der Waals surface area contributed by atoms with Crippen LogP contribution < -0.4 is 14.8 Å². The number of nitrogens with one attached hydrogen (secondary N) is 1. The molecule has 2 heterocycles. The molecule has 0 saturated heterocycles. The average Bonchev–Trinajstić information content (AvgIpc) is 2.81. The Balaban J connectivity index is 1.83. The van der Waals surface area contributed by atoms with Gasteiger partial charge in [0, 0.05) is 16.8 Å². The Hall–Kier alpha value is -3.55. The van der Waals surface area contributed by atoms with Crippen molar-refractivity contribution in [2.75, 3.05) is 11.9 Å². The molecule has 26 heavy (non-hydrogen) atoms. The molecule has 1 aromatic heterocycles. The molecule has 0 fully saturated rings. The summed E-state index contributed by atoms with van der Waals surface area (Å²) in [4.78, 5) is 4.31. The van der Waals surface area contributed by atoms with Crippen LogP contribution in [0.15, 0.2) is 42.5 Å². The topological polar surface area (TPSA) is 110 Å². The molecular formula is C18H16N4O4. The Morgan fingerprint density at radius 1 is 1.12 bits per heavy atom. The van der Waals surface area contributed by atoms with Crippen molar-refractivity contribution in [1.82, 2.24) is 15.2 Å². The van der Waals surface area contributed by atoms with Crippen LogP contribution in [0.2, 0.25) is 0 Å². The normalized spacial score (nSPS) is 15.0. The summed E-state index contributed by atoms with van der Waals surface area (Å²) in [6.07, 6.45) is -0.657. The Morgan fingerprint density at radius 3 is 2.77 bits per heavy atom. The maximum Gasteiger partial charge on any atom is 0.339 e. The summed E-state index contributed by atoms with van der Waals surface area (Å²) in [6, 6.07) is 12.1. The van der Waals surface area contributed by atoms with E-state index in [1.165, 1.54) is 12.1 Å². The first-order valence-corrected chi connectivity index (χ1v) is 8.07. The largest absolute Gasteiger partial charge is 0.504 e. The van der Waals surface area contributed by atoms with Crippen molar-refractivity contribution in [2.45, 2.75) is 13.2 Å². The number of para-hydroxylation sites is 1. The lowest BCUT2D eigenvalue weighted by molar-refractivity contribution is 0.219. The van der Waals surface area contributed by atoms with Crippen LogP contribution >= 0.6 is 0 Å². The molecule has 1 aliphatic heterocycles. The summed E-state index contributed by atoms with van der Waals surface area (Å²) in [5, 5.41) is 30.8. The van der Waals surface area contributed by atoms with E-state index in [9.17, 15) is 10.2 Å². The van der Waals surface area contributed by atoms with Gasteiger partial charge in [0.25, 0.3) is 0 Å². The van der Waals surface area contributed by atoms with E-state index in [-0.39, 0.29) is 23.4 Å². The van der Waals surface area contributed by atoms with Gasteiger partial charge in [-0.2, -0.15) is 4.98 Å². The van der Waals surface area contributed by atoms with Crippen LogP contribution in [0.3, 0.4) is 0 Å². The maximum absolute atomic E-state index is 9.81. The van der Waals surface area contributed by atoms with E-state index >= 15 is 0 Å². The minimum Gasteiger partial charge on any atom is -0.504 e. The van der Waals surface area contributed by atoms with E-state index in [1.54, 1.807) is 6.07 Å². The predicted molar refractivity (Wildman–Crippen MR) is 93.2 cm³/mol. The van der Waals surface area contributed by atoms with Crippen molar-refractivity contribution >= 4 is 5.69 Å². The number of rotatable bonds is 3. The third-order valence-corrected chi connectivity index (χ3v) is 3.91. The minimum atomic E-state index is -0.657. The zero-order valence-electron chi connectivity index (χ0n) is 13.9. The third-order valence-electron chi connectivity index (χ3n) is 3.91. The molecule has 8 heteroatoms. The molecule has 0 radical (unpaired) electrons. The van der Waals surface area contributed by atoms with Crippen LogP contribution in [-0.2, 0) is 0 Å². The molecule has 0 saturated carbocycles. The van der Waals surface area contributed by atoms with E-state index in [1.807, 2.05) is 31.2 Å². The number of aromatic nitrogens is 3. The number of fused-ring (bicyclic) bond motifs is 3. The molecule has 132 valence electrons. The van der Waals surface area contributed by atoms with Crippen LogP contribution in [0.5, 0.6) is 23.4 Å². The second-order valence-corrected chi connectivity index (χ2v) is 5.62. The monoisotopic (exact) mass is 352 g/mol. The van der Waals surface area contributed by atoms with Gasteiger partial charge >= 0.3 is 6.01 Å². The van der Waals surface area contributed by atoms with Gasteiger partial charge in [-0.15, -0.1) is 5.10 Å². The first-order valence-electron chi connectivity index (χ1n) is 8.07. The van der Waals surface area contributed by atoms with Crippen LogP contribution in [0.4, 0.5) is 5.69 Å². The van der Waals surface area contributed by atoms with Crippen LogP contribution in [-0.4, -0.2) is 32.0 Å². The summed E-state index contributed by atoms with van der Waals surface area (Å²) in [6.45, 7) is 2.24. The number of anilines is 1. The van der Waals surface area contributed by atoms with Crippen LogP contribution in [0, 0.1) is 0 Å². The number of hydrogen-bond acceptors (Lipinski definition) is 8. The molecule has 0 amide bonds. The van der Waals surface area contributed by atoms with Gasteiger partial charge in [-0.05, 0) is 31.2 Å². The quantitative estimate of drug-likeness (QED) is 0.617. The first kappa shape index (κ1) is 15.9. The molecule has 1 atom stereocenters. The minimum absolute atomic E-state index is 0.123. The van der Waals surface area contributed by atoms with E-state index in [0.29, 0.717) is 17.9 Å². The molecule has 0 spiro atoms. The summed E-state index contributed by atoms with van der Waals surface area (Å²) in [5.41, 5.74) is 2.67. The molecule has 3 N–H and O–H groups in total. The lowest BCUT2D eigenvalue weighted by Crippen LogP contribution is -2.17. The smallest absolute Gasteiger partial charge is 0.339 e. The van der Waals surface area contributed by atoms with Crippen molar-refractivity contribution in [2.24, 2.45) is 0 Å². The van der Waals surface area contributed by atoms with Crippen molar-refractivity contribution in [1.29, 1.82) is 0 Å². The molecular weight excluding hydrogens is 336 g/mol. The summed E-state index contributed by atoms with van der Waals surface area (Å²) >= 11 is 0. The Kier molecular flexibility index (Phi) is 3.92. The van der Waals surface area contributed by atoms with Gasteiger partial charge in [0.2, 0.25) is 5.88 Å². The molecule has 1 unspecified atom stereocenters. The number of hydrogen-bond donors (Lipinski definition) is 3. The lowest BCUT2D eigenvalue weighted by Gasteiger charge is -2.19. The van der Waals surface area contributed by atoms with Crippen molar-refractivity contribution < 1.29 is 19.7 Å². The maximum atomic E-state index is 9.81. The van der Waals surface area contributed by atoms with E-state index in [2.05, 4.69) is 20.5 Å². The Morgan fingerprint density at radius 2 is 1.96 bits per heavy atom. The van der Waals surface area contributed by atoms with Crippen molar-refractivity contribution in [3.8, 4) is 34.6 Å². The van der Waals surface area contributed by atoms with Gasteiger partial charge in [-0.3, -0.25) is 0 Å². The number of phenolic OH excluding ortho intramolecular Hbond substituents is 2. The molecule has 0 aliphatic carbocycles. The van der Waals surface area contributed by atoms with E-state index < -0.39 is 6.23 Å². The molecule has 3 aromatic rings. The number of nitrogens with zero attached hydrogens (tertiary/aromatic N) is 3. The van der Waals surface area contributed by atoms with Crippen LogP contribution in [0.25, 0.3) is 11.3 Å². The van der Waals surface area contributed by atoms with Gasteiger partial charge in [0.05, 0.1) is 6.61 Å². The fourth-order valence-electron chi connectivity index (χ4n) is 2.69. The van der Waals surface area contributed by atoms with Gasteiger partial charge in [-0.25, -0.2) is 0 Å². The fourth-order valence-corrected chi connectivity index (χ4v) is 2.69. The third kappa shape index (κ3) is 2.81. The van der Waals surface area contributed by atoms with Gasteiger partial charge in [0.15, 0.2) is 23.4 Å². The highest BCUT2D eigenvalue weighted by Crippen LogP contribution is 2.40. The first-order chi connectivity index (χ1) is 12.7. The Labute approximate surface area is 149 Å². The SMILES string of the molecule is CCOc1nnc2c(n1)OC(c1ccc(O)c(O)c1)Nc1ccccc1-2. The molecule has 8 nitrogen and oxygen atoms in total. The second kappa shape index (κ2) is 6.40. The van der Waals surface area contributed by atoms with E-state index in [4.69, 9.17) is 9.47 Å². The van der Waals surface area contributed by atoms with Gasteiger partial charge in [0.1, 0.15) is 0 Å². The number of benzene rings is 2. The highest BCUT2D eigenvalue weighted by Gasteiger charge is 2.26. The predicted octanol–water partition coefficient (Wildman–Crippen LogP) is 2.85. The summed E-state index contributed by atoms with van der Waals surface area (Å²) in [7, 11) is 0. The van der Waals surface area contributed by atoms with Crippen molar-refractivity contribution in [3.05, 3.63) is 48.0 Å². The standard InChI is InChI=1S/C18H16N4O4/c1-2-25-18-20-17-15(21-22-18)11-5-3-4-6-12(11)19-16(26-17)10-7-8-13(23)14(24)9-10/h3-9,16,19,23-24H,2H2,1H3. The highest BCUT2D eigenvalue weighted by atomic mass is 16.5. The van der Waals surface area contributed by atoms with Gasteiger partial charge in [-0.1, -0.05) is 23.3 Å². The second-order valence-electron chi connectivity index (χ2n) is 5.62. The molecule has 1 aliphatic rings. The number of ether oxygens (including phenoxy) is 2. The summed E-state index contributed by atoms with van der Waals surface area (Å²) < 4.78 is 11.3. The number of phenols is 2. The molecule has 4 rings (SSSR count). The van der Waals surface area contributed by atoms with Crippen LogP contribution in [0.1, 0.15) is 18.7 Å². The molecule has 0 bridgehead atoms. The zero-order chi connectivity index (χ0) is 18.1. The Bertz CT molecular complexity index is 964. The highest BCUT2D eigenvalue weighted by molar-refractivity contribution is 5.79. The number of aromatic hydroxyl groups is 2. The average molecular weight is 352 g/mol. The van der Waals surface area contributed by atoms with Gasteiger partial charge < -0.3 is 25.0 Å². The summed E-state index contributed by atoms with van der Waals surface area (Å²) in [5.74, 6) is -0.175. The van der Waals surface area contributed by atoms with Crippen molar-refractivity contribution in [3.63, 3.8) is 0 Å². The lowest BCUT2D eigenvalue weighted by atomic mass is 10.1. The molecule has 2 aromatic carbocycles. The van der Waals surface area contributed by atoms with E-state index in [0.717, 1.165) is 11.3 Å².